The van der Waals surface area contributed by atoms with Crippen LogP contribution in [-0.4, -0.2) is 16.0 Å². The zero-order chi connectivity index (χ0) is 29.0. The van der Waals surface area contributed by atoms with Gasteiger partial charge in [-0.1, -0.05) is 36.4 Å². The first-order valence-electron chi connectivity index (χ1n) is 12.7. The minimum atomic E-state index is 0.194. The molecule has 0 aliphatic carbocycles. The number of rotatable bonds is 8. The fraction of sp³-hybridized carbons (Fsp3) is 0.0909. The molecule has 210 valence electrons. The summed E-state index contributed by atoms with van der Waals surface area (Å²) in [6.45, 7) is 4.04. The molecule has 8 heteroatoms. The van der Waals surface area contributed by atoms with Crippen molar-refractivity contribution in [2.24, 2.45) is 17.0 Å². The van der Waals surface area contributed by atoms with Gasteiger partial charge in [0.2, 0.25) is 0 Å². The Morgan fingerprint density at radius 2 is 0.854 bits per heavy atom. The van der Waals surface area contributed by atoms with Crippen LogP contribution >= 0.6 is 20.2 Å². The second kappa shape index (κ2) is 15.3. The van der Waals surface area contributed by atoms with E-state index in [1.807, 2.05) is 130 Å². The first-order chi connectivity index (χ1) is 20.0. The Balaban J connectivity index is 0.00000124. The molecule has 0 saturated heterocycles. The average molecular weight is 626 g/mol. The average Bonchev–Trinajstić information content (AvgIpc) is 3.38. The molecule has 0 atom stereocenters. The molecule has 0 aliphatic rings. The van der Waals surface area contributed by atoms with E-state index in [0.717, 1.165) is 57.2 Å². The molecule has 0 spiro atoms. The van der Waals surface area contributed by atoms with E-state index < -0.39 is 0 Å². The van der Waals surface area contributed by atoms with Crippen molar-refractivity contribution in [3.05, 3.63) is 133 Å². The Labute approximate surface area is 255 Å². The number of para-hydroxylation sites is 2. The van der Waals surface area contributed by atoms with Crippen LogP contribution in [0.15, 0.2) is 131 Å². The van der Waals surface area contributed by atoms with E-state index in [9.17, 15) is 0 Å². The summed E-state index contributed by atoms with van der Waals surface area (Å²) in [6, 6.07) is 39.2. The monoisotopic (exact) mass is 625 g/mol. The van der Waals surface area contributed by atoms with Crippen molar-refractivity contribution in [1.29, 1.82) is 0 Å². The number of halogens is 2. The molecule has 1 heterocycles. The summed E-state index contributed by atoms with van der Waals surface area (Å²) in [5, 5.41) is 0. The minimum absolute atomic E-state index is 0.194. The van der Waals surface area contributed by atoms with Gasteiger partial charge in [0.1, 0.15) is 23.0 Å². The van der Waals surface area contributed by atoms with Crippen molar-refractivity contribution in [3.8, 4) is 23.0 Å². The number of benzene rings is 4. The molecule has 0 saturated carbocycles. The molecular formula is C33H29Cl2FeN3O2. The van der Waals surface area contributed by atoms with Crippen LogP contribution < -0.4 is 9.47 Å². The first-order valence-corrected chi connectivity index (χ1v) is 15.8. The number of hydrogen-bond donors (Lipinski definition) is 0. The Morgan fingerprint density at radius 1 is 0.537 bits per heavy atom. The van der Waals surface area contributed by atoms with Gasteiger partial charge in [0.15, 0.2) is 0 Å². The van der Waals surface area contributed by atoms with Gasteiger partial charge in [-0.3, -0.25) is 9.98 Å². The summed E-state index contributed by atoms with van der Waals surface area (Å²) >= 11 is 0.194. The molecule has 5 aromatic rings. The van der Waals surface area contributed by atoms with E-state index in [0.29, 0.717) is 0 Å². The Kier molecular flexibility index (Phi) is 11.2. The number of hydrogen-bond acceptors (Lipinski definition) is 4. The molecular weight excluding hydrogens is 597 g/mol. The quantitative estimate of drug-likeness (QED) is 0.127. The molecule has 0 radical (unpaired) electrons. The van der Waals surface area contributed by atoms with Crippen LogP contribution in [0.25, 0.3) is 0 Å². The van der Waals surface area contributed by atoms with Crippen LogP contribution in [0.4, 0.5) is 11.4 Å². The van der Waals surface area contributed by atoms with E-state index in [2.05, 4.69) is 16.7 Å². The van der Waals surface area contributed by atoms with Crippen LogP contribution in [0.2, 0.25) is 0 Å². The third-order valence-electron chi connectivity index (χ3n) is 6.09. The number of aromatic nitrogens is 1. The van der Waals surface area contributed by atoms with Crippen molar-refractivity contribution in [2.45, 2.75) is 13.8 Å². The van der Waals surface area contributed by atoms with E-state index in [1.165, 1.54) is 0 Å². The molecule has 0 fully saturated rings. The van der Waals surface area contributed by atoms with E-state index in [-0.39, 0.29) is 13.1 Å². The van der Waals surface area contributed by atoms with Gasteiger partial charge in [-0.2, -0.15) is 0 Å². The second-order valence-corrected chi connectivity index (χ2v) is 10.7. The molecule has 0 N–H and O–H groups in total. The van der Waals surface area contributed by atoms with Crippen LogP contribution in [0, 0.1) is 0 Å². The SMILES string of the molecule is CC(=Nc1ccc(Oc2ccccc2)cc1)c1ccc(C(C)=Nc2ccc(Oc3ccccc3)cc2)n1C.[Cl][Fe][Cl]. The summed E-state index contributed by atoms with van der Waals surface area (Å²) < 4.78 is 13.9. The molecule has 4 aromatic carbocycles. The van der Waals surface area contributed by atoms with Crippen molar-refractivity contribution < 1.29 is 22.6 Å². The predicted molar refractivity (Wildman–Crippen MR) is 167 cm³/mol. The van der Waals surface area contributed by atoms with Gasteiger partial charge in [-0.15, -0.1) is 0 Å². The fourth-order valence-electron chi connectivity index (χ4n) is 4.17. The third kappa shape index (κ3) is 8.84. The Hall–Kier alpha value is -3.80. The summed E-state index contributed by atoms with van der Waals surface area (Å²) in [7, 11) is 11.6. The van der Waals surface area contributed by atoms with Crippen LogP contribution in [0.3, 0.4) is 0 Å². The number of ether oxygens (including phenoxy) is 2. The van der Waals surface area contributed by atoms with E-state index in [1.54, 1.807) is 0 Å². The number of nitrogens with zero attached hydrogens (tertiary/aromatic N) is 3. The molecule has 5 nitrogen and oxygen atoms in total. The number of aliphatic imine (C=N–C) groups is 2. The topological polar surface area (TPSA) is 48.1 Å². The molecule has 41 heavy (non-hydrogen) atoms. The molecule has 0 amide bonds. The molecule has 5 rings (SSSR count). The van der Waals surface area contributed by atoms with Gasteiger partial charge in [0.25, 0.3) is 0 Å². The van der Waals surface area contributed by atoms with Gasteiger partial charge in [0, 0.05) is 7.05 Å². The second-order valence-electron chi connectivity index (χ2n) is 8.93. The Bertz CT molecular complexity index is 1470. The van der Waals surface area contributed by atoms with Crippen molar-refractivity contribution >= 4 is 43.0 Å². The maximum atomic E-state index is 5.88. The summed E-state index contributed by atoms with van der Waals surface area (Å²) in [5.41, 5.74) is 5.65. The standard InChI is InChI=1S/C33H29N3O2.2ClH.Fe/c1-24(34-26-14-18-30(19-15-26)37-28-10-6-4-7-11-28)32-22-23-33(36(32)3)25(2)35-27-16-20-31(21-17-27)38-29-12-8-5-9-13-29;;;/h4-23H,1-3H3;2*1H;/q;;;+2/p-2. The van der Waals surface area contributed by atoms with Crippen molar-refractivity contribution in [2.75, 3.05) is 0 Å². The zero-order valence-corrected chi connectivity index (χ0v) is 25.4. The summed E-state index contributed by atoms with van der Waals surface area (Å²) in [6.07, 6.45) is 0. The molecule has 0 bridgehead atoms. The van der Waals surface area contributed by atoms with E-state index in [4.69, 9.17) is 39.7 Å². The maximum absolute atomic E-state index is 5.88. The van der Waals surface area contributed by atoms with Gasteiger partial charge in [0.05, 0.1) is 34.2 Å². The van der Waals surface area contributed by atoms with Crippen molar-refractivity contribution in [1.82, 2.24) is 4.57 Å². The molecule has 0 aliphatic heterocycles. The summed E-state index contributed by atoms with van der Waals surface area (Å²) in [4.78, 5) is 9.65. The molecule has 1 aromatic heterocycles. The molecule has 0 unspecified atom stereocenters. The zero-order valence-electron chi connectivity index (χ0n) is 22.8. The van der Waals surface area contributed by atoms with Crippen LogP contribution in [0.5, 0.6) is 23.0 Å². The Morgan fingerprint density at radius 3 is 1.20 bits per heavy atom. The van der Waals surface area contributed by atoms with Crippen LogP contribution in [0.1, 0.15) is 25.2 Å². The normalized spacial score (nSPS) is 11.5. The van der Waals surface area contributed by atoms with E-state index >= 15 is 0 Å². The van der Waals surface area contributed by atoms with Crippen LogP contribution in [-0.2, 0) is 20.2 Å². The van der Waals surface area contributed by atoms with Gasteiger partial charge < -0.3 is 14.0 Å². The summed E-state index contributed by atoms with van der Waals surface area (Å²) in [5.74, 6) is 3.18. The third-order valence-corrected chi connectivity index (χ3v) is 6.09. The van der Waals surface area contributed by atoms with Gasteiger partial charge in [-0.05, 0) is 98.8 Å². The fourth-order valence-corrected chi connectivity index (χ4v) is 4.17. The van der Waals surface area contributed by atoms with Crippen molar-refractivity contribution in [3.63, 3.8) is 0 Å². The first kappa shape index (κ1) is 30.2. The van der Waals surface area contributed by atoms with Gasteiger partial charge in [-0.25, -0.2) is 0 Å². The van der Waals surface area contributed by atoms with Gasteiger partial charge >= 0.3 is 33.3 Å². The predicted octanol–water partition coefficient (Wildman–Crippen LogP) is 10.3.